The molecule has 1 aliphatic heterocycles. The third kappa shape index (κ3) is 4.82. The smallest absolute Gasteiger partial charge is 0.191 e. The fourth-order valence-electron chi connectivity index (χ4n) is 2.11. The topological polar surface area (TPSA) is 49.3 Å². The summed E-state index contributed by atoms with van der Waals surface area (Å²) in [6, 6.07) is 7.80. The molecule has 118 valence electrons. The summed E-state index contributed by atoms with van der Waals surface area (Å²) in [5.41, 5.74) is 2.22. The van der Waals surface area contributed by atoms with Crippen molar-refractivity contribution in [2.24, 2.45) is 4.99 Å². The number of benzene rings is 1. The SMILES string of the molecule is Clc1ccc(-c2nc(CCNC3=NCCCN3)cs2)cc1.I. The number of halogens is 2. The second-order valence-electron chi connectivity index (χ2n) is 4.84. The molecule has 0 aliphatic carbocycles. The minimum Gasteiger partial charge on any atom is -0.356 e. The highest BCUT2D eigenvalue weighted by Crippen LogP contribution is 2.25. The van der Waals surface area contributed by atoms with E-state index in [4.69, 9.17) is 11.6 Å². The third-order valence-corrected chi connectivity index (χ3v) is 4.41. The molecule has 0 fully saturated rings. The van der Waals surface area contributed by atoms with Gasteiger partial charge in [0, 0.05) is 42.0 Å². The lowest BCUT2D eigenvalue weighted by molar-refractivity contribution is 0.698. The van der Waals surface area contributed by atoms with Gasteiger partial charge in [-0.25, -0.2) is 4.98 Å². The second-order valence-corrected chi connectivity index (χ2v) is 6.13. The van der Waals surface area contributed by atoms with E-state index in [1.54, 1.807) is 11.3 Å². The van der Waals surface area contributed by atoms with Gasteiger partial charge in [0.1, 0.15) is 5.01 Å². The molecule has 1 aliphatic rings. The Balaban J connectivity index is 0.00000176. The van der Waals surface area contributed by atoms with Crippen molar-refractivity contribution in [1.29, 1.82) is 0 Å². The number of guanidine groups is 1. The van der Waals surface area contributed by atoms with E-state index in [-0.39, 0.29) is 24.0 Å². The van der Waals surface area contributed by atoms with Crippen LogP contribution >= 0.6 is 46.9 Å². The average Bonchev–Trinajstić information content (AvgIpc) is 2.98. The molecular formula is C15H18ClIN4S. The van der Waals surface area contributed by atoms with Crippen molar-refractivity contribution in [2.75, 3.05) is 19.6 Å². The molecule has 0 saturated heterocycles. The van der Waals surface area contributed by atoms with Gasteiger partial charge in [-0.3, -0.25) is 4.99 Å². The van der Waals surface area contributed by atoms with Crippen molar-refractivity contribution in [3.8, 4) is 10.6 Å². The van der Waals surface area contributed by atoms with Crippen LogP contribution in [0.4, 0.5) is 0 Å². The Kier molecular flexibility index (Phi) is 6.91. The van der Waals surface area contributed by atoms with E-state index in [9.17, 15) is 0 Å². The molecule has 0 radical (unpaired) electrons. The highest BCUT2D eigenvalue weighted by Gasteiger charge is 2.06. The van der Waals surface area contributed by atoms with Gasteiger partial charge >= 0.3 is 0 Å². The zero-order valence-electron chi connectivity index (χ0n) is 12.0. The van der Waals surface area contributed by atoms with Crippen LogP contribution in [0.1, 0.15) is 12.1 Å². The zero-order chi connectivity index (χ0) is 14.5. The summed E-state index contributed by atoms with van der Waals surface area (Å²) in [6.45, 7) is 2.76. The Morgan fingerprint density at radius 3 is 2.82 bits per heavy atom. The maximum atomic E-state index is 5.90. The van der Waals surface area contributed by atoms with Crippen LogP contribution in [0.25, 0.3) is 10.6 Å². The Labute approximate surface area is 156 Å². The zero-order valence-corrected chi connectivity index (χ0v) is 15.9. The fourth-order valence-corrected chi connectivity index (χ4v) is 3.09. The van der Waals surface area contributed by atoms with Gasteiger partial charge in [0.2, 0.25) is 0 Å². The van der Waals surface area contributed by atoms with Crippen molar-refractivity contribution in [1.82, 2.24) is 15.6 Å². The van der Waals surface area contributed by atoms with E-state index in [1.165, 1.54) is 0 Å². The molecule has 22 heavy (non-hydrogen) atoms. The lowest BCUT2D eigenvalue weighted by Crippen LogP contribution is -2.41. The van der Waals surface area contributed by atoms with Crippen molar-refractivity contribution in [3.63, 3.8) is 0 Å². The second kappa shape index (κ2) is 8.69. The van der Waals surface area contributed by atoms with Crippen LogP contribution < -0.4 is 10.6 Å². The molecule has 4 nitrogen and oxygen atoms in total. The van der Waals surface area contributed by atoms with Crippen LogP contribution in [0.3, 0.4) is 0 Å². The lowest BCUT2D eigenvalue weighted by Gasteiger charge is -2.15. The molecule has 2 N–H and O–H groups in total. The van der Waals surface area contributed by atoms with Crippen LogP contribution in [0, 0.1) is 0 Å². The molecule has 2 heterocycles. The van der Waals surface area contributed by atoms with Gasteiger partial charge in [0.15, 0.2) is 5.96 Å². The van der Waals surface area contributed by atoms with Crippen molar-refractivity contribution in [3.05, 3.63) is 40.4 Å². The highest BCUT2D eigenvalue weighted by atomic mass is 127. The molecule has 0 atom stereocenters. The molecular weight excluding hydrogens is 431 g/mol. The number of hydrogen-bond donors (Lipinski definition) is 2. The summed E-state index contributed by atoms with van der Waals surface area (Å²) in [5, 5.41) is 10.5. The Morgan fingerprint density at radius 2 is 2.09 bits per heavy atom. The molecule has 3 rings (SSSR count). The third-order valence-electron chi connectivity index (χ3n) is 3.21. The molecule has 0 spiro atoms. The van der Waals surface area contributed by atoms with Crippen molar-refractivity contribution < 1.29 is 0 Å². The van der Waals surface area contributed by atoms with E-state index in [0.29, 0.717) is 0 Å². The quantitative estimate of drug-likeness (QED) is 0.703. The van der Waals surface area contributed by atoms with Crippen LogP contribution in [0.15, 0.2) is 34.6 Å². The van der Waals surface area contributed by atoms with E-state index < -0.39 is 0 Å². The van der Waals surface area contributed by atoms with Gasteiger partial charge in [0.25, 0.3) is 0 Å². The maximum absolute atomic E-state index is 5.90. The van der Waals surface area contributed by atoms with Gasteiger partial charge < -0.3 is 10.6 Å². The molecule has 7 heteroatoms. The van der Waals surface area contributed by atoms with Gasteiger partial charge in [-0.1, -0.05) is 23.7 Å². The molecule has 0 unspecified atom stereocenters. The van der Waals surface area contributed by atoms with Crippen molar-refractivity contribution in [2.45, 2.75) is 12.8 Å². The van der Waals surface area contributed by atoms with Gasteiger partial charge in [-0.15, -0.1) is 35.3 Å². The molecule has 2 aromatic rings. The number of aromatic nitrogens is 1. The molecule has 1 aromatic carbocycles. The lowest BCUT2D eigenvalue weighted by atomic mass is 10.2. The first kappa shape index (κ1) is 17.5. The average molecular weight is 449 g/mol. The van der Waals surface area contributed by atoms with E-state index in [1.807, 2.05) is 24.3 Å². The number of nitrogens with one attached hydrogen (secondary N) is 2. The van der Waals surface area contributed by atoms with E-state index in [2.05, 4.69) is 26.0 Å². The van der Waals surface area contributed by atoms with Crippen LogP contribution in [-0.2, 0) is 6.42 Å². The first-order valence-electron chi connectivity index (χ1n) is 7.04. The first-order valence-corrected chi connectivity index (χ1v) is 8.29. The van der Waals surface area contributed by atoms with E-state index >= 15 is 0 Å². The minimum absolute atomic E-state index is 0. The molecule has 0 bridgehead atoms. The Morgan fingerprint density at radius 1 is 1.27 bits per heavy atom. The van der Waals surface area contributed by atoms with Crippen LogP contribution in [-0.4, -0.2) is 30.6 Å². The fraction of sp³-hybridized carbons (Fsp3) is 0.333. The molecule has 1 aromatic heterocycles. The summed E-state index contributed by atoms with van der Waals surface area (Å²) < 4.78 is 0. The number of hydrogen-bond acceptors (Lipinski definition) is 5. The normalized spacial score (nSPS) is 13.8. The van der Waals surface area contributed by atoms with Gasteiger partial charge in [0.05, 0.1) is 5.69 Å². The first-order chi connectivity index (χ1) is 10.3. The summed E-state index contributed by atoms with van der Waals surface area (Å²) in [7, 11) is 0. The predicted octanol–water partition coefficient (Wildman–Crippen LogP) is 3.56. The number of aliphatic imine (C=N–C) groups is 1. The summed E-state index contributed by atoms with van der Waals surface area (Å²) in [6.07, 6.45) is 2.01. The number of nitrogens with zero attached hydrogens (tertiary/aromatic N) is 2. The van der Waals surface area contributed by atoms with E-state index in [0.717, 1.165) is 59.7 Å². The standard InChI is InChI=1S/C15H17ClN4S.HI/c16-12-4-2-11(3-5-12)14-20-13(10-21-14)6-9-19-15-17-7-1-8-18-15;/h2-5,10H,1,6-9H2,(H2,17,18,19);1H. The number of rotatable bonds is 4. The Bertz CT molecular complexity index is 627. The largest absolute Gasteiger partial charge is 0.356 e. The Hall–Kier alpha value is -0.860. The van der Waals surface area contributed by atoms with Gasteiger partial charge in [-0.05, 0) is 18.6 Å². The summed E-state index contributed by atoms with van der Waals surface area (Å²) >= 11 is 7.57. The summed E-state index contributed by atoms with van der Waals surface area (Å²) in [4.78, 5) is 9.05. The number of thiazole rings is 1. The molecule has 0 saturated carbocycles. The maximum Gasteiger partial charge on any atom is 0.191 e. The van der Waals surface area contributed by atoms with Crippen LogP contribution in [0.5, 0.6) is 0 Å². The molecule has 0 amide bonds. The minimum atomic E-state index is 0. The monoisotopic (exact) mass is 448 g/mol. The highest BCUT2D eigenvalue weighted by molar-refractivity contribution is 14.0. The van der Waals surface area contributed by atoms with Gasteiger partial charge in [-0.2, -0.15) is 0 Å². The van der Waals surface area contributed by atoms with Crippen molar-refractivity contribution >= 4 is 52.9 Å². The van der Waals surface area contributed by atoms with Crippen LogP contribution in [0.2, 0.25) is 5.02 Å². The summed E-state index contributed by atoms with van der Waals surface area (Å²) in [5.74, 6) is 0.911. The predicted molar refractivity (Wildman–Crippen MR) is 105 cm³/mol.